The van der Waals surface area contributed by atoms with Crippen LogP contribution in [0.3, 0.4) is 0 Å². The second kappa shape index (κ2) is 4.99. The number of carbonyl (C=O) groups excluding carboxylic acids is 1. The first-order valence-corrected chi connectivity index (χ1v) is 5.71. The van der Waals surface area contributed by atoms with Gasteiger partial charge in [-0.05, 0) is 12.0 Å². The number of hydrogen-bond acceptors (Lipinski definition) is 2. The van der Waals surface area contributed by atoms with Crippen molar-refractivity contribution in [1.29, 1.82) is 0 Å². The predicted octanol–water partition coefficient (Wildman–Crippen LogP) is 1.16. The van der Waals surface area contributed by atoms with Gasteiger partial charge in [-0.2, -0.15) is 0 Å². The molecule has 0 aromatic heterocycles. The normalized spacial score (nSPS) is 19.3. The molecular formula is C13H15NO3. The molecule has 1 saturated heterocycles. The van der Waals surface area contributed by atoms with Gasteiger partial charge in [-0.3, -0.25) is 9.59 Å². The lowest BCUT2D eigenvalue weighted by atomic mass is 10.1. The van der Waals surface area contributed by atoms with Gasteiger partial charge >= 0.3 is 5.97 Å². The smallest absolute Gasteiger partial charge is 0.308 e. The van der Waals surface area contributed by atoms with Crippen LogP contribution in [0, 0.1) is 5.92 Å². The van der Waals surface area contributed by atoms with Crippen LogP contribution in [0.2, 0.25) is 0 Å². The van der Waals surface area contributed by atoms with E-state index >= 15 is 0 Å². The Morgan fingerprint density at radius 1 is 1.29 bits per heavy atom. The van der Waals surface area contributed by atoms with E-state index in [4.69, 9.17) is 5.11 Å². The quantitative estimate of drug-likeness (QED) is 0.852. The lowest BCUT2D eigenvalue weighted by Crippen LogP contribution is -2.31. The standard InChI is InChI=1S/C13H15NO3/c15-12(8-10-4-2-1-3-5-10)14-7-6-11(9-14)13(16)17/h1-5,11H,6-9H2,(H,16,17)/t11-/m1/s1. The lowest BCUT2D eigenvalue weighted by molar-refractivity contribution is -0.141. The summed E-state index contributed by atoms with van der Waals surface area (Å²) in [5, 5.41) is 8.86. The maximum Gasteiger partial charge on any atom is 0.308 e. The van der Waals surface area contributed by atoms with E-state index in [1.54, 1.807) is 4.90 Å². The summed E-state index contributed by atoms with van der Waals surface area (Å²) in [7, 11) is 0. The summed E-state index contributed by atoms with van der Waals surface area (Å²) in [6.45, 7) is 0.906. The van der Waals surface area contributed by atoms with Crippen molar-refractivity contribution in [1.82, 2.24) is 4.90 Å². The van der Waals surface area contributed by atoms with Crippen molar-refractivity contribution < 1.29 is 14.7 Å². The van der Waals surface area contributed by atoms with Crippen LogP contribution in [0.4, 0.5) is 0 Å². The van der Waals surface area contributed by atoms with Gasteiger partial charge in [0.1, 0.15) is 0 Å². The third-order valence-electron chi connectivity index (χ3n) is 3.09. The zero-order valence-corrected chi connectivity index (χ0v) is 9.50. The largest absolute Gasteiger partial charge is 0.481 e. The summed E-state index contributed by atoms with van der Waals surface area (Å²) >= 11 is 0. The molecule has 0 spiro atoms. The predicted molar refractivity (Wildman–Crippen MR) is 62.5 cm³/mol. The first-order valence-electron chi connectivity index (χ1n) is 5.71. The van der Waals surface area contributed by atoms with Gasteiger partial charge in [0.15, 0.2) is 0 Å². The molecule has 0 radical (unpaired) electrons. The highest BCUT2D eigenvalue weighted by atomic mass is 16.4. The molecule has 1 atom stereocenters. The van der Waals surface area contributed by atoms with E-state index in [0.29, 0.717) is 25.9 Å². The molecule has 1 fully saturated rings. The van der Waals surface area contributed by atoms with E-state index in [1.807, 2.05) is 30.3 Å². The minimum atomic E-state index is -0.806. The molecule has 2 rings (SSSR count). The Morgan fingerprint density at radius 2 is 2.00 bits per heavy atom. The number of nitrogens with zero attached hydrogens (tertiary/aromatic N) is 1. The zero-order chi connectivity index (χ0) is 12.3. The molecule has 1 aliphatic rings. The zero-order valence-electron chi connectivity index (χ0n) is 9.50. The molecular weight excluding hydrogens is 218 g/mol. The molecule has 4 nitrogen and oxygen atoms in total. The summed E-state index contributed by atoms with van der Waals surface area (Å²) in [5.74, 6) is -1.19. The van der Waals surface area contributed by atoms with Crippen LogP contribution in [0.1, 0.15) is 12.0 Å². The average molecular weight is 233 g/mol. The number of carboxylic acid groups (broad SMARTS) is 1. The minimum Gasteiger partial charge on any atom is -0.481 e. The van der Waals surface area contributed by atoms with E-state index < -0.39 is 11.9 Å². The third kappa shape index (κ3) is 2.84. The maximum absolute atomic E-state index is 11.9. The molecule has 1 heterocycles. The van der Waals surface area contributed by atoms with Gasteiger partial charge in [-0.1, -0.05) is 30.3 Å². The van der Waals surface area contributed by atoms with Crippen molar-refractivity contribution in [3.63, 3.8) is 0 Å². The van der Waals surface area contributed by atoms with Crippen molar-refractivity contribution in [2.45, 2.75) is 12.8 Å². The summed E-state index contributed by atoms with van der Waals surface area (Å²) < 4.78 is 0. The molecule has 0 unspecified atom stereocenters. The molecule has 0 saturated carbocycles. The van der Waals surface area contributed by atoms with Gasteiger partial charge in [0.25, 0.3) is 0 Å². The van der Waals surface area contributed by atoms with Crippen molar-refractivity contribution in [3.05, 3.63) is 35.9 Å². The van der Waals surface area contributed by atoms with E-state index in [1.165, 1.54) is 0 Å². The van der Waals surface area contributed by atoms with Crippen LogP contribution >= 0.6 is 0 Å². The van der Waals surface area contributed by atoms with E-state index in [9.17, 15) is 9.59 Å². The number of carbonyl (C=O) groups is 2. The van der Waals surface area contributed by atoms with Gasteiger partial charge < -0.3 is 10.0 Å². The first kappa shape index (κ1) is 11.6. The van der Waals surface area contributed by atoms with Crippen LogP contribution in [0.5, 0.6) is 0 Å². The maximum atomic E-state index is 11.9. The average Bonchev–Trinajstić information content (AvgIpc) is 2.79. The Labute approximate surface area is 99.9 Å². The summed E-state index contributed by atoms with van der Waals surface area (Å²) in [6, 6.07) is 9.51. The summed E-state index contributed by atoms with van der Waals surface area (Å²) in [4.78, 5) is 24.4. The van der Waals surface area contributed by atoms with Crippen molar-refractivity contribution in [3.8, 4) is 0 Å². The second-order valence-corrected chi connectivity index (χ2v) is 4.33. The highest BCUT2D eigenvalue weighted by Crippen LogP contribution is 2.17. The molecule has 1 amide bonds. The number of hydrogen-bond donors (Lipinski definition) is 1. The van der Waals surface area contributed by atoms with Crippen LogP contribution in [-0.4, -0.2) is 35.0 Å². The van der Waals surface area contributed by atoms with E-state index in [-0.39, 0.29) is 5.91 Å². The minimum absolute atomic E-state index is 0.0138. The topological polar surface area (TPSA) is 57.6 Å². The number of amides is 1. The fourth-order valence-electron chi connectivity index (χ4n) is 2.07. The molecule has 0 bridgehead atoms. The number of aliphatic carboxylic acids is 1. The number of carboxylic acids is 1. The molecule has 1 aromatic carbocycles. The molecule has 1 aromatic rings. The fraction of sp³-hybridized carbons (Fsp3) is 0.385. The Morgan fingerprint density at radius 3 is 2.59 bits per heavy atom. The molecule has 1 N–H and O–H groups in total. The second-order valence-electron chi connectivity index (χ2n) is 4.33. The van der Waals surface area contributed by atoms with Crippen LogP contribution < -0.4 is 0 Å². The van der Waals surface area contributed by atoms with E-state index in [2.05, 4.69) is 0 Å². The van der Waals surface area contributed by atoms with Gasteiger partial charge in [0.2, 0.25) is 5.91 Å². The Bertz CT molecular complexity index is 416. The fourth-order valence-corrected chi connectivity index (χ4v) is 2.07. The van der Waals surface area contributed by atoms with Crippen LogP contribution in [-0.2, 0) is 16.0 Å². The summed E-state index contributed by atoms with van der Waals surface area (Å²) in [6.07, 6.45) is 0.920. The Hall–Kier alpha value is -1.84. The van der Waals surface area contributed by atoms with Crippen molar-refractivity contribution in [2.75, 3.05) is 13.1 Å². The van der Waals surface area contributed by atoms with Gasteiger partial charge in [0, 0.05) is 13.1 Å². The van der Waals surface area contributed by atoms with Crippen molar-refractivity contribution >= 4 is 11.9 Å². The number of benzene rings is 1. The molecule has 4 heteroatoms. The van der Waals surface area contributed by atoms with E-state index in [0.717, 1.165) is 5.56 Å². The van der Waals surface area contributed by atoms with Gasteiger partial charge in [0.05, 0.1) is 12.3 Å². The van der Waals surface area contributed by atoms with Crippen molar-refractivity contribution in [2.24, 2.45) is 5.92 Å². The highest BCUT2D eigenvalue weighted by Gasteiger charge is 2.30. The van der Waals surface area contributed by atoms with Gasteiger partial charge in [-0.15, -0.1) is 0 Å². The summed E-state index contributed by atoms with van der Waals surface area (Å²) in [5.41, 5.74) is 0.969. The first-order chi connectivity index (χ1) is 8.16. The molecule has 17 heavy (non-hydrogen) atoms. The van der Waals surface area contributed by atoms with Crippen LogP contribution in [0.25, 0.3) is 0 Å². The highest BCUT2D eigenvalue weighted by molar-refractivity contribution is 5.80. The number of likely N-dealkylation sites (tertiary alicyclic amines) is 1. The Balaban J connectivity index is 1.92. The van der Waals surface area contributed by atoms with Gasteiger partial charge in [-0.25, -0.2) is 0 Å². The SMILES string of the molecule is O=C(O)[C@@H]1CCN(C(=O)Cc2ccccc2)C1. The molecule has 90 valence electrons. The monoisotopic (exact) mass is 233 g/mol. The number of rotatable bonds is 3. The molecule has 0 aliphatic carbocycles. The van der Waals surface area contributed by atoms with Crippen LogP contribution in [0.15, 0.2) is 30.3 Å². The Kier molecular flexibility index (Phi) is 3.42. The third-order valence-corrected chi connectivity index (χ3v) is 3.09. The molecule has 1 aliphatic heterocycles. The lowest BCUT2D eigenvalue weighted by Gasteiger charge is -2.15.